The van der Waals surface area contributed by atoms with Crippen LogP contribution in [0.25, 0.3) is 0 Å². The van der Waals surface area contributed by atoms with Crippen molar-refractivity contribution in [2.24, 2.45) is 0 Å². The predicted octanol–water partition coefficient (Wildman–Crippen LogP) is 7.11. The van der Waals surface area contributed by atoms with Gasteiger partial charge in [0.1, 0.15) is 0 Å². The van der Waals surface area contributed by atoms with E-state index in [0.717, 1.165) is 32.9 Å². The molecule has 1 aliphatic heterocycles. The third-order valence-corrected chi connectivity index (χ3v) is 7.95. The van der Waals surface area contributed by atoms with E-state index in [9.17, 15) is 9.59 Å². The van der Waals surface area contributed by atoms with Crippen molar-refractivity contribution in [1.29, 1.82) is 0 Å². The Morgan fingerprint density at radius 2 is 1.48 bits per heavy atom. The van der Waals surface area contributed by atoms with Gasteiger partial charge in [0.25, 0.3) is 5.91 Å². The second kappa shape index (κ2) is 9.76. The van der Waals surface area contributed by atoms with Crippen LogP contribution < -0.4 is 4.90 Å². The maximum Gasteiger partial charge on any atom is 0.316 e. The zero-order valence-electron chi connectivity index (χ0n) is 15.8. The molecule has 4 nitrogen and oxygen atoms in total. The Kier molecular flexibility index (Phi) is 7.04. The summed E-state index contributed by atoms with van der Waals surface area (Å²) in [5.74, 6) is -0.881. The summed E-state index contributed by atoms with van der Waals surface area (Å²) in [6.07, 6.45) is 0. The lowest BCUT2D eigenvalue weighted by molar-refractivity contribution is -0.144. The van der Waals surface area contributed by atoms with Crippen molar-refractivity contribution in [3.63, 3.8) is 0 Å². The number of ether oxygens (including phenoxy) is 1. The lowest BCUT2D eigenvalue weighted by Gasteiger charge is -2.30. The molecule has 1 amide bonds. The van der Waals surface area contributed by atoms with Gasteiger partial charge in [0.2, 0.25) is 0 Å². The third-order valence-electron chi connectivity index (χ3n) is 4.38. The maximum atomic E-state index is 13.0. The van der Waals surface area contributed by atoms with Crippen molar-refractivity contribution >= 4 is 81.6 Å². The van der Waals surface area contributed by atoms with Crippen LogP contribution in [0.4, 0.5) is 11.4 Å². The number of para-hydroxylation sites is 2. The second-order valence-corrected chi connectivity index (χ2v) is 9.65. The normalized spacial score (nSPS) is 12.2. The number of thioether (sulfide) groups is 1. The van der Waals surface area contributed by atoms with E-state index >= 15 is 0 Å². The molecule has 0 aliphatic carbocycles. The van der Waals surface area contributed by atoms with Gasteiger partial charge in [0, 0.05) is 14.7 Å². The summed E-state index contributed by atoms with van der Waals surface area (Å²) in [6, 6.07) is 18.5. The lowest BCUT2D eigenvalue weighted by atomic mass is 10.2. The molecule has 0 fully saturated rings. The number of esters is 1. The molecule has 0 unspecified atom stereocenters. The number of carbonyl (C=O) groups is 2. The highest BCUT2D eigenvalue weighted by Crippen LogP contribution is 2.47. The summed E-state index contributed by atoms with van der Waals surface area (Å²) < 4.78 is 5.24. The molecule has 0 saturated carbocycles. The van der Waals surface area contributed by atoms with E-state index < -0.39 is 5.97 Å². The van der Waals surface area contributed by atoms with Gasteiger partial charge in [-0.15, -0.1) is 11.8 Å². The van der Waals surface area contributed by atoms with Gasteiger partial charge < -0.3 is 4.74 Å². The summed E-state index contributed by atoms with van der Waals surface area (Å²) in [7, 11) is 0. The van der Waals surface area contributed by atoms with Crippen molar-refractivity contribution in [2.75, 3.05) is 17.3 Å². The van der Waals surface area contributed by atoms with Crippen molar-refractivity contribution in [3.8, 4) is 0 Å². The van der Waals surface area contributed by atoms with E-state index in [1.54, 1.807) is 28.8 Å². The molecule has 158 valence electrons. The topological polar surface area (TPSA) is 46.6 Å². The third kappa shape index (κ3) is 4.83. The Morgan fingerprint density at radius 3 is 2.13 bits per heavy atom. The van der Waals surface area contributed by atoms with Crippen LogP contribution in [-0.4, -0.2) is 24.2 Å². The van der Waals surface area contributed by atoms with Crippen molar-refractivity contribution in [3.05, 3.63) is 75.7 Å². The first-order valence-corrected chi connectivity index (χ1v) is 12.0. The molecule has 4 rings (SSSR count). The van der Waals surface area contributed by atoms with Gasteiger partial charge in [0.05, 0.1) is 32.2 Å². The minimum atomic E-state index is -0.534. The molecule has 0 saturated heterocycles. The van der Waals surface area contributed by atoms with E-state index in [0.29, 0.717) is 9.92 Å². The Morgan fingerprint density at radius 1 is 0.871 bits per heavy atom. The van der Waals surface area contributed by atoms with Crippen molar-refractivity contribution in [1.82, 2.24) is 0 Å². The van der Waals surface area contributed by atoms with Gasteiger partial charge in [-0.2, -0.15) is 0 Å². The van der Waals surface area contributed by atoms with Gasteiger partial charge in [-0.3, -0.25) is 14.5 Å². The highest BCUT2D eigenvalue weighted by atomic mass is 35.5. The van der Waals surface area contributed by atoms with Crippen LogP contribution in [0.2, 0.25) is 15.1 Å². The van der Waals surface area contributed by atoms with Crippen molar-refractivity contribution in [2.45, 2.75) is 14.7 Å². The molecule has 1 aliphatic rings. The molecule has 31 heavy (non-hydrogen) atoms. The minimum absolute atomic E-state index is 0.0199. The van der Waals surface area contributed by atoms with E-state index in [-0.39, 0.29) is 28.3 Å². The van der Waals surface area contributed by atoms with Gasteiger partial charge in [0.15, 0.2) is 6.61 Å². The van der Waals surface area contributed by atoms with E-state index in [1.807, 2.05) is 48.5 Å². The molecule has 0 atom stereocenters. The first kappa shape index (κ1) is 22.4. The molecule has 9 heteroatoms. The van der Waals surface area contributed by atoms with Crippen molar-refractivity contribution < 1.29 is 14.3 Å². The summed E-state index contributed by atoms with van der Waals surface area (Å²) >= 11 is 20.9. The molecule has 1 heterocycles. The number of hydrogen-bond donors (Lipinski definition) is 0. The standard InChI is InChI=1S/C22H14Cl3NO3S2/c23-13-9-10-18(22(25)21(13)24)30-12-20(28)29-11-19(27)26-14-5-1-3-7-16(14)31-17-8-4-2-6-15(17)26/h1-10H,11-12H2. The Bertz CT molecular complexity index is 1130. The minimum Gasteiger partial charge on any atom is -0.455 e. The highest BCUT2D eigenvalue weighted by Gasteiger charge is 2.28. The summed E-state index contributed by atoms with van der Waals surface area (Å²) in [4.78, 5) is 29.4. The first-order valence-electron chi connectivity index (χ1n) is 9.06. The average Bonchev–Trinajstić information content (AvgIpc) is 2.79. The number of amides is 1. The number of carbonyl (C=O) groups excluding carboxylic acids is 2. The number of nitrogens with zero attached hydrogens (tertiary/aromatic N) is 1. The Labute approximate surface area is 202 Å². The molecule has 3 aromatic carbocycles. The van der Waals surface area contributed by atoms with Crippen LogP contribution in [0, 0.1) is 0 Å². The smallest absolute Gasteiger partial charge is 0.316 e. The fourth-order valence-electron chi connectivity index (χ4n) is 2.98. The summed E-state index contributed by atoms with van der Waals surface area (Å²) in [6.45, 7) is -0.373. The summed E-state index contributed by atoms with van der Waals surface area (Å²) in [5.41, 5.74) is 1.54. The van der Waals surface area contributed by atoms with Crippen LogP contribution in [0.1, 0.15) is 0 Å². The largest absolute Gasteiger partial charge is 0.455 e. The summed E-state index contributed by atoms with van der Waals surface area (Å²) in [5, 5.41) is 0.851. The molecule has 0 N–H and O–H groups in total. The molecule has 0 aromatic heterocycles. The molecule has 3 aromatic rings. The number of anilines is 2. The Hall–Kier alpha value is -1.83. The number of benzene rings is 3. The first-order chi connectivity index (χ1) is 15.0. The van der Waals surface area contributed by atoms with Crippen LogP contribution in [0.5, 0.6) is 0 Å². The lowest BCUT2D eigenvalue weighted by Crippen LogP contribution is -2.32. The van der Waals surface area contributed by atoms with E-state index in [1.165, 1.54) is 0 Å². The number of fused-ring (bicyclic) bond motifs is 2. The number of halogens is 3. The van der Waals surface area contributed by atoms with Gasteiger partial charge in [-0.1, -0.05) is 70.8 Å². The van der Waals surface area contributed by atoms with Crippen LogP contribution >= 0.6 is 58.3 Å². The van der Waals surface area contributed by atoms with Gasteiger partial charge >= 0.3 is 5.97 Å². The van der Waals surface area contributed by atoms with Gasteiger partial charge in [-0.05, 0) is 36.4 Å². The van der Waals surface area contributed by atoms with E-state index in [2.05, 4.69) is 0 Å². The molecule has 0 radical (unpaired) electrons. The molecular formula is C22H14Cl3NO3S2. The number of hydrogen-bond acceptors (Lipinski definition) is 5. The fourth-order valence-corrected chi connectivity index (χ4v) is 5.54. The highest BCUT2D eigenvalue weighted by molar-refractivity contribution is 8.00. The SMILES string of the molecule is O=C(CSc1ccc(Cl)c(Cl)c1Cl)OCC(=O)N1c2ccccc2Sc2ccccc21. The van der Waals surface area contributed by atoms with Crippen LogP contribution in [0.15, 0.2) is 75.4 Å². The fraction of sp³-hybridized carbons (Fsp3) is 0.0909. The zero-order chi connectivity index (χ0) is 22.0. The predicted molar refractivity (Wildman–Crippen MR) is 127 cm³/mol. The molecule has 0 spiro atoms. The van der Waals surface area contributed by atoms with Crippen LogP contribution in [0.3, 0.4) is 0 Å². The van der Waals surface area contributed by atoms with E-state index in [4.69, 9.17) is 39.5 Å². The molecular weight excluding hydrogens is 497 g/mol. The number of rotatable bonds is 5. The molecule has 0 bridgehead atoms. The monoisotopic (exact) mass is 509 g/mol. The Balaban J connectivity index is 1.42. The second-order valence-electron chi connectivity index (χ2n) is 6.39. The quantitative estimate of drug-likeness (QED) is 0.208. The van der Waals surface area contributed by atoms with Gasteiger partial charge in [-0.25, -0.2) is 0 Å². The van der Waals surface area contributed by atoms with Crippen LogP contribution in [-0.2, 0) is 14.3 Å². The average molecular weight is 511 g/mol. The zero-order valence-corrected chi connectivity index (χ0v) is 19.7. The maximum absolute atomic E-state index is 13.0.